The van der Waals surface area contributed by atoms with Gasteiger partial charge in [-0.2, -0.15) is 0 Å². The van der Waals surface area contributed by atoms with Gasteiger partial charge in [0.2, 0.25) is 11.8 Å². The number of phosphoric acid groups is 3. The van der Waals surface area contributed by atoms with Crippen molar-refractivity contribution in [2.45, 2.75) is 148 Å². The first-order chi connectivity index (χ1) is 31.6. The molecule has 0 bridgehead atoms. The summed E-state index contributed by atoms with van der Waals surface area (Å²) in [5.41, 5.74) is 4.09. The molecular formula is C39H64N7O17P3S-4. The summed E-state index contributed by atoms with van der Waals surface area (Å²) in [6.45, 7) is 2.39. The number of allylic oxidation sites excluding steroid dienone is 2. The van der Waals surface area contributed by atoms with Crippen LogP contribution in [0.4, 0.5) is 5.82 Å². The number of nitrogen functional groups attached to an aromatic ring is 1. The number of hydrogen-bond donors (Lipinski definition) is 5. The van der Waals surface area contributed by atoms with E-state index in [1.165, 1.54) is 65.2 Å². The summed E-state index contributed by atoms with van der Waals surface area (Å²) in [4.78, 5) is 96.8. The van der Waals surface area contributed by atoms with Crippen molar-refractivity contribution in [3.63, 3.8) is 0 Å². The fourth-order valence-corrected chi connectivity index (χ4v) is 10.1. The van der Waals surface area contributed by atoms with Crippen LogP contribution in [0.2, 0.25) is 0 Å². The predicted octanol–water partition coefficient (Wildman–Crippen LogP) is 2.17. The molecule has 1 aliphatic heterocycles. The van der Waals surface area contributed by atoms with E-state index >= 15 is 0 Å². The van der Waals surface area contributed by atoms with Crippen molar-refractivity contribution < 1.29 is 80.5 Å². The Labute approximate surface area is 394 Å². The molecule has 3 heterocycles. The second-order valence-corrected chi connectivity index (χ2v) is 21.8. The fourth-order valence-electron chi connectivity index (χ4n) is 6.68. The van der Waals surface area contributed by atoms with E-state index in [1.54, 1.807) is 0 Å². The molecule has 0 spiro atoms. The minimum absolute atomic E-state index is 0.0187. The van der Waals surface area contributed by atoms with Gasteiger partial charge in [0.05, 0.1) is 27.4 Å². The number of ether oxygens (including phenoxy) is 1. The van der Waals surface area contributed by atoms with Crippen LogP contribution in [0.3, 0.4) is 0 Å². The fraction of sp³-hybridized carbons (Fsp3) is 0.744. The van der Waals surface area contributed by atoms with Gasteiger partial charge in [-0.3, -0.25) is 28.1 Å². The topological polar surface area (TPSA) is 375 Å². The van der Waals surface area contributed by atoms with Gasteiger partial charge >= 0.3 is 0 Å². The molecule has 2 aromatic heterocycles. The molecule has 28 heteroatoms. The van der Waals surface area contributed by atoms with Crippen LogP contribution < -0.4 is 35.9 Å². The predicted molar refractivity (Wildman–Crippen MR) is 238 cm³/mol. The summed E-state index contributed by atoms with van der Waals surface area (Å²) in [6.07, 6.45) is 12.7. The third-order valence-corrected chi connectivity index (χ3v) is 14.3. The Kier molecular flexibility index (Phi) is 25.2. The first-order valence-corrected chi connectivity index (χ1v) is 27.5. The van der Waals surface area contributed by atoms with Crippen molar-refractivity contribution in [2.75, 3.05) is 37.8 Å². The molecule has 24 nitrogen and oxygen atoms in total. The highest BCUT2D eigenvalue weighted by molar-refractivity contribution is 8.13. The minimum Gasteiger partial charge on any atom is -0.790 e. The van der Waals surface area contributed by atoms with Gasteiger partial charge in [-0.25, -0.2) is 19.3 Å². The number of aliphatic hydroxyl groups is 2. The number of imidazole rings is 1. The smallest absolute Gasteiger partial charge is 0.274 e. The second kappa shape index (κ2) is 28.8. The van der Waals surface area contributed by atoms with Gasteiger partial charge in [0.1, 0.15) is 36.3 Å². The van der Waals surface area contributed by atoms with Crippen LogP contribution in [0, 0.1) is 5.41 Å². The van der Waals surface area contributed by atoms with Crippen molar-refractivity contribution >= 4 is 69.1 Å². The average Bonchev–Trinajstić information content (AvgIpc) is 3.81. The number of aliphatic hydroxyl groups excluding tert-OH is 2. The molecule has 1 aliphatic rings. The number of thioether (sulfide) groups is 1. The van der Waals surface area contributed by atoms with Crippen LogP contribution in [0.25, 0.3) is 11.2 Å². The third-order valence-electron chi connectivity index (χ3n) is 10.4. The van der Waals surface area contributed by atoms with Crippen molar-refractivity contribution in [3.05, 3.63) is 24.8 Å². The first kappa shape index (κ1) is 58.6. The monoisotopic (exact) mass is 1030 g/mol. The molecule has 1 fully saturated rings. The minimum atomic E-state index is -5.92. The molecule has 0 saturated carbocycles. The van der Waals surface area contributed by atoms with E-state index in [4.69, 9.17) is 10.5 Å². The van der Waals surface area contributed by atoms with Crippen LogP contribution >= 0.6 is 35.2 Å². The van der Waals surface area contributed by atoms with Gasteiger partial charge in [0.25, 0.3) is 15.6 Å². The normalized spacial score (nSPS) is 20.2. The number of phosphoric ester groups is 3. The number of carbonyl (C=O) groups excluding carboxylic acids is 3. The summed E-state index contributed by atoms with van der Waals surface area (Å²) >= 11 is 1.14. The van der Waals surface area contributed by atoms with E-state index in [9.17, 15) is 57.9 Å². The number of hydrogen-bond acceptors (Lipinski definition) is 22. The molecule has 6 N–H and O–H groups in total. The molecule has 2 amide bonds. The number of nitrogens with two attached hydrogens (primary N) is 1. The number of nitrogens with one attached hydrogen (secondary N) is 2. The Morgan fingerprint density at radius 1 is 0.910 bits per heavy atom. The largest absolute Gasteiger partial charge is 0.790 e. The van der Waals surface area contributed by atoms with E-state index in [1.807, 2.05) is 0 Å². The Morgan fingerprint density at radius 3 is 2.19 bits per heavy atom. The van der Waals surface area contributed by atoms with E-state index in [2.05, 4.69) is 62.5 Å². The maximum absolute atomic E-state index is 12.6. The van der Waals surface area contributed by atoms with Gasteiger partial charge in [0, 0.05) is 37.1 Å². The molecule has 1 saturated heterocycles. The number of fused-ring (bicyclic) bond motifs is 1. The lowest BCUT2D eigenvalue weighted by atomic mass is 9.87. The number of unbranched alkanes of at least 4 members (excludes halogenated alkanes) is 11. The van der Waals surface area contributed by atoms with Crippen molar-refractivity contribution in [1.82, 2.24) is 30.2 Å². The number of aromatic nitrogens is 4. The Balaban J connectivity index is 1.30. The number of carbonyl (C=O) groups is 3. The molecule has 7 atom stereocenters. The second-order valence-electron chi connectivity index (χ2n) is 16.5. The van der Waals surface area contributed by atoms with Crippen LogP contribution in [-0.2, 0) is 50.7 Å². The van der Waals surface area contributed by atoms with Crippen LogP contribution in [0.5, 0.6) is 0 Å². The number of nitrogens with zero attached hydrogens (tertiary/aromatic N) is 4. The van der Waals surface area contributed by atoms with E-state index < -0.39 is 84.6 Å². The van der Waals surface area contributed by atoms with E-state index in [0.29, 0.717) is 12.2 Å². The molecule has 382 valence electrons. The quantitative estimate of drug-likeness (QED) is 0.0381. The summed E-state index contributed by atoms with van der Waals surface area (Å²) < 4.78 is 60.8. The molecule has 67 heavy (non-hydrogen) atoms. The van der Waals surface area contributed by atoms with Crippen LogP contribution in [-0.4, -0.2) is 103 Å². The summed E-state index contributed by atoms with van der Waals surface area (Å²) in [6, 6.07) is 0. The summed E-state index contributed by atoms with van der Waals surface area (Å²) in [5.74, 6) is -1.14. The van der Waals surface area contributed by atoms with Gasteiger partial charge in [-0.05, 0) is 32.1 Å². The zero-order valence-corrected chi connectivity index (χ0v) is 41.5. The van der Waals surface area contributed by atoms with Crippen molar-refractivity contribution in [3.8, 4) is 0 Å². The van der Waals surface area contributed by atoms with Gasteiger partial charge < -0.3 is 69.0 Å². The molecular weight excluding hydrogens is 963 g/mol. The third kappa shape index (κ3) is 21.9. The van der Waals surface area contributed by atoms with Crippen LogP contribution in [0.1, 0.15) is 123 Å². The highest BCUT2D eigenvalue weighted by atomic mass is 32.2. The Bertz CT molecular complexity index is 2040. The number of rotatable bonds is 34. The standard InChI is InChI=1S/C39H68N7O17P3S/c1-4-5-6-7-8-9-10-11-12-13-14-15-16-17-18-19-30(48)67-23-22-41-29(47)20-21-42-37(51)34(50)39(2,3)25-60-66(57,58)63-65(55,56)59-24-28-33(62-64(52,53)54)32(49)38(61-28)46-27-45-31-35(40)43-26-44-36(31)46/h9-10,26-28,32-34,38,49-50H,4-8,11-25H2,1-3H3,(H,41,47)(H,42,51)(H,55,56)(H,57,58)(H2,40,43,44)(H2,52,53,54)/p-4/b10-9-/t28-,32-,33-,34+,38-/m1/s1. The molecule has 2 aromatic rings. The zero-order valence-electron chi connectivity index (χ0n) is 38.0. The average molecular weight is 1030 g/mol. The highest BCUT2D eigenvalue weighted by Gasteiger charge is 2.47. The summed E-state index contributed by atoms with van der Waals surface area (Å²) in [5, 5.41) is 26.5. The van der Waals surface area contributed by atoms with E-state index in [0.717, 1.165) is 61.1 Å². The van der Waals surface area contributed by atoms with Gasteiger partial charge in [-0.15, -0.1) is 0 Å². The van der Waals surface area contributed by atoms with Crippen LogP contribution in [0.15, 0.2) is 24.8 Å². The zero-order chi connectivity index (χ0) is 49.7. The lowest BCUT2D eigenvalue weighted by Gasteiger charge is -2.36. The summed E-state index contributed by atoms with van der Waals surface area (Å²) in [7, 11) is -17.6. The molecule has 3 rings (SSSR count). The van der Waals surface area contributed by atoms with Gasteiger partial charge in [-0.1, -0.05) is 96.1 Å². The molecule has 2 unspecified atom stereocenters. The lowest BCUT2D eigenvalue weighted by Crippen LogP contribution is -2.46. The Hall–Kier alpha value is -2.70. The maximum Gasteiger partial charge on any atom is 0.274 e. The number of amides is 2. The van der Waals surface area contributed by atoms with Gasteiger partial charge in [0.15, 0.2) is 22.8 Å². The lowest BCUT2D eigenvalue weighted by molar-refractivity contribution is -0.347. The SMILES string of the molecule is CCCCCC/C=C\CCCCCCCCCC(=O)SCCNC(=O)CCNC(=O)[C@H](O)C(C)(C)COP(=O)([O-])OP(=O)([O-])OC[C@H]1O[C@@H](n2cnc3c(N)ncnc32)[C@H](O)[C@@H]1OP(=O)([O-])[O-]. The molecule has 0 aliphatic carbocycles. The van der Waals surface area contributed by atoms with E-state index in [-0.39, 0.29) is 41.6 Å². The van der Waals surface area contributed by atoms with Crippen molar-refractivity contribution in [2.24, 2.45) is 5.41 Å². The number of anilines is 1. The maximum atomic E-state index is 12.6. The highest BCUT2D eigenvalue weighted by Crippen LogP contribution is 2.56. The molecule has 0 radical (unpaired) electrons. The Morgan fingerprint density at radius 2 is 1.54 bits per heavy atom. The molecule has 0 aromatic carbocycles. The van der Waals surface area contributed by atoms with Crippen molar-refractivity contribution in [1.29, 1.82) is 0 Å². The first-order valence-electron chi connectivity index (χ1n) is 22.2.